The number of piperidine rings is 1. The minimum Gasteiger partial charge on any atom is -0.492 e. The summed E-state index contributed by atoms with van der Waals surface area (Å²) in [4.78, 5) is 30.6. The number of hydrogen-bond acceptors (Lipinski definition) is 5. The Balaban J connectivity index is 1.29. The van der Waals surface area contributed by atoms with E-state index in [1.54, 1.807) is 12.1 Å². The Labute approximate surface area is 215 Å². The number of likely N-dealkylation sites (tertiary alicyclic amines) is 2. The number of rotatable bonds is 8. The average Bonchev–Trinajstić information content (AvgIpc) is 3.36. The number of carbonyl (C=O) groups excluding carboxylic acids is 2. The molecule has 2 saturated heterocycles. The fraction of sp³-hybridized carbons (Fsp3) is 0.500. The number of pyridine rings is 1. The van der Waals surface area contributed by atoms with Gasteiger partial charge in [0.25, 0.3) is 5.91 Å². The monoisotopic (exact) mass is 543 g/mol. The van der Waals surface area contributed by atoms with E-state index in [0.717, 1.165) is 17.3 Å². The smallest absolute Gasteiger partial charge is 0.454 e. The van der Waals surface area contributed by atoms with Crippen LogP contribution in [0.15, 0.2) is 36.5 Å². The van der Waals surface area contributed by atoms with Gasteiger partial charge >= 0.3 is 12.1 Å². The summed E-state index contributed by atoms with van der Waals surface area (Å²) in [5.41, 5.74) is 0.650. The first-order valence-corrected chi connectivity index (χ1v) is 12.3. The fourth-order valence-corrected chi connectivity index (χ4v) is 4.73. The first-order valence-electron chi connectivity index (χ1n) is 12.3. The van der Waals surface area contributed by atoms with E-state index < -0.39 is 36.4 Å². The van der Waals surface area contributed by atoms with Crippen molar-refractivity contribution in [1.82, 2.24) is 14.8 Å². The summed E-state index contributed by atoms with van der Waals surface area (Å²) >= 11 is 0. The predicted molar refractivity (Wildman–Crippen MR) is 125 cm³/mol. The molecule has 3 heterocycles. The van der Waals surface area contributed by atoms with Crippen LogP contribution in [0, 0.1) is 11.7 Å². The lowest BCUT2D eigenvalue weighted by Crippen LogP contribution is -2.49. The molecule has 0 N–H and O–H groups in total. The molecule has 206 valence electrons. The van der Waals surface area contributed by atoms with Crippen molar-refractivity contribution in [2.75, 3.05) is 32.8 Å². The zero-order valence-corrected chi connectivity index (χ0v) is 20.4. The highest BCUT2D eigenvalue weighted by Crippen LogP contribution is 2.36. The Kier molecular flexibility index (Phi) is 8.29. The molecule has 0 radical (unpaired) electrons. The summed E-state index contributed by atoms with van der Waals surface area (Å²) in [5.74, 6) is -5.39. The van der Waals surface area contributed by atoms with Crippen LogP contribution in [0.25, 0.3) is 11.3 Å². The zero-order chi connectivity index (χ0) is 27.5. The molecule has 2 aliphatic heterocycles. The summed E-state index contributed by atoms with van der Waals surface area (Å²) in [6.07, 6.45) is -1.29. The maximum Gasteiger partial charge on any atom is 0.454 e. The molecule has 2 aliphatic rings. The largest absolute Gasteiger partial charge is 0.492 e. The van der Waals surface area contributed by atoms with Gasteiger partial charge in [0.1, 0.15) is 17.9 Å². The number of halogens is 6. The summed E-state index contributed by atoms with van der Waals surface area (Å²) in [5, 5.41) is 0. The van der Waals surface area contributed by atoms with Gasteiger partial charge in [0.05, 0.1) is 31.1 Å². The van der Waals surface area contributed by atoms with E-state index in [4.69, 9.17) is 4.74 Å². The average molecular weight is 544 g/mol. The molecule has 38 heavy (non-hydrogen) atoms. The van der Waals surface area contributed by atoms with Gasteiger partial charge in [0, 0.05) is 17.7 Å². The van der Waals surface area contributed by atoms with Crippen LogP contribution < -0.4 is 4.74 Å². The van der Waals surface area contributed by atoms with Gasteiger partial charge in [0.2, 0.25) is 0 Å². The Morgan fingerprint density at radius 3 is 2.39 bits per heavy atom. The summed E-state index contributed by atoms with van der Waals surface area (Å²) in [6.45, 7) is -0.432. The van der Waals surface area contributed by atoms with Crippen LogP contribution in [0.2, 0.25) is 0 Å². The van der Waals surface area contributed by atoms with E-state index in [1.165, 1.54) is 23.2 Å². The molecule has 4 rings (SSSR count). The molecule has 6 nitrogen and oxygen atoms in total. The van der Waals surface area contributed by atoms with E-state index in [2.05, 4.69) is 4.98 Å². The van der Waals surface area contributed by atoms with Gasteiger partial charge in [-0.1, -0.05) is 0 Å². The van der Waals surface area contributed by atoms with Crippen molar-refractivity contribution in [2.45, 2.75) is 43.8 Å². The maximum absolute atomic E-state index is 14.8. The lowest BCUT2D eigenvalue weighted by Gasteiger charge is -2.34. The van der Waals surface area contributed by atoms with Crippen molar-refractivity contribution in [2.24, 2.45) is 5.92 Å². The Morgan fingerprint density at radius 1 is 1.05 bits per heavy atom. The van der Waals surface area contributed by atoms with Crippen molar-refractivity contribution in [1.29, 1.82) is 0 Å². The van der Waals surface area contributed by atoms with Crippen molar-refractivity contribution < 1.29 is 40.7 Å². The quantitative estimate of drug-likeness (QED) is 0.347. The number of nitrogens with zero attached hydrogens (tertiary/aromatic N) is 3. The van der Waals surface area contributed by atoms with E-state index in [1.807, 2.05) is 0 Å². The van der Waals surface area contributed by atoms with Gasteiger partial charge in [0.15, 0.2) is 0 Å². The summed E-state index contributed by atoms with van der Waals surface area (Å²) in [6, 6.07) is 6.73. The SMILES string of the molecule is O=C[C@@H]1CCCN1C(=O)c1ccc(-c2ccc(OCC3CCN(CC(F)(F)C(F)(F)F)CC3)cn2)c(F)c1. The third-order valence-electron chi connectivity index (χ3n) is 6.98. The Hall–Kier alpha value is -3.15. The topological polar surface area (TPSA) is 62.7 Å². The second-order valence-electron chi connectivity index (χ2n) is 9.65. The van der Waals surface area contributed by atoms with Crippen LogP contribution in [0.4, 0.5) is 26.3 Å². The first-order chi connectivity index (χ1) is 18.0. The van der Waals surface area contributed by atoms with Gasteiger partial charge in [-0.15, -0.1) is 0 Å². The highest BCUT2D eigenvalue weighted by atomic mass is 19.4. The molecule has 0 aliphatic carbocycles. The molecule has 1 amide bonds. The zero-order valence-electron chi connectivity index (χ0n) is 20.4. The lowest BCUT2D eigenvalue weighted by atomic mass is 9.97. The second-order valence-corrected chi connectivity index (χ2v) is 9.65. The minimum atomic E-state index is -5.57. The molecule has 2 fully saturated rings. The van der Waals surface area contributed by atoms with E-state index >= 15 is 0 Å². The lowest BCUT2D eigenvalue weighted by molar-refractivity contribution is -0.287. The van der Waals surface area contributed by atoms with Crippen molar-refractivity contribution in [3.05, 3.63) is 47.9 Å². The summed E-state index contributed by atoms with van der Waals surface area (Å²) in [7, 11) is 0. The number of aldehydes is 1. The number of benzene rings is 1. The van der Waals surface area contributed by atoms with E-state index in [-0.39, 0.29) is 36.7 Å². The van der Waals surface area contributed by atoms with Gasteiger partial charge in [-0.3, -0.25) is 14.7 Å². The second kappa shape index (κ2) is 11.3. The molecule has 2 aromatic rings. The normalized spacial score (nSPS) is 19.5. The molecule has 0 saturated carbocycles. The molecule has 0 bridgehead atoms. The number of hydrogen-bond donors (Lipinski definition) is 0. The molecular weight excluding hydrogens is 516 g/mol. The van der Waals surface area contributed by atoms with E-state index in [0.29, 0.717) is 43.7 Å². The molecule has 0 spiro atoms. The molecule has 1 aromatic carbocycles. The van der Waals surface area contributed by atoms with Crippen LogP contribution in [-0.2, 0) is 4.79 Å². The number of carbonyl (C=O) groups is 2. The maximum atomic E-state index is 14.8. The van der Waals surface area contributed by atoms with Crippen LogP contribution in [0.1, 0.15) is 36.0 Å². The van der Waals surface area contributed by atoms with Gasteiger partial charge in [-0.05, 0) is 75.0 Å². The van der Waals surface area contributed by atoms with Crippen molar-refractivity contribution >= 4 is 12.2 Å². The van der Waals surface area contributed by atoms with Crippen LogP contribution in [-0.4, -0.2) is 77.9 Å². The third kappa shape index (κ3) is 6.28. The van der Waals surface area contributed by atoms with Gasteiger partial charge in [-0.25, -0.2) is 4.39 Å². The predicted octanol–water partition coefficient (Wildman–Crippen LogP) is 4.98. The third-order valence-corrected chi connectivity index (χ3v) is 6.98. The molecule has 1 aromatic heterocycles. The molecule has 12 heteroatoms. The number of aromatic nitrogens is 1. The van der Waals surface area contributed by atoms with Gasteiger partial charge in [-0.2, -0.15) is 22.0 Å². The number of alkyl halides is 5. The number of amides is 1. The highest BCUT2D eigenvalue weighted by Gasteiger charge is 2.58. The summed E-state index contributed by atoms with van der Waals surface area (Å²) < 4.78 is 84.3. The highest BCUT2D eigenvalue weighted by molar-refractivity contribution is 5.96. The van der Waals surface area contributed by atoms with Crippen LogP contribution >= 0.6 is 0 Å². The molecule has 0 unspecified atom stereocenters. The minimum absolute atomic E-state index is 0.0117. The Bertz CT molecular complexity index is 1130. The van der Waals surface area contributed by atoms with Gasteiger partial charge < -0.3 is 14.4 Å². The molecular formula is C26H27F6N3O3. The van der Waals surface area contributed by atoms with Crippen molar-refractivity contribution in [3.8, 4) is 17.0 Å². The van der Waals surface area contributed by atoms with Crippen molar-refractivity contribution in [3.63, 3.8) is 0 Å². The number of ether oxygens (including phenoxy) is 1. The Morgan fingerprint density at radius 2 is 1.79 bits per heavy atom. The van der Waals surface area contributed by atoms with E-state index in [9.17, 15) is 35.9 Å². The fourth-order valence-electron chi connectivity index (χ4n) is 4.73. The van der Waals surface area contributed by atoms with Crippen LogP contribution in [0.5, 0.6) is 5.75 Å². The molecule has 1 atom stereocenters. The first kappa shape index (κ1) is 27.9. The van der Waals surface area contributed by atoms with Crippen LogP contribution in [0.3, 0.4) is 0 Å². The standard InChI is InChI=1S/C26H27F6N3O3/c27-22-12-18(24(37)35-9-1-2-19(35)14-36)3-5-21(22)23-6-4-20(13-33-23)38-15-17-7-10-34(11-8-17)16-25(28,29)26(30,31)32/h3-6,12-14,17,19H,1-2,7-11,15-16H2/t19-/m0/s1.